The molecule has 0 N–H and O–H groups in total. The van der Waals surface area contributed by atoms with Crippen LogP contribution in [0.1, 0.15) is 12.8 Å². The van der Waals surface area contributed by atoms with Gasteiger partial charge in [0.15, 0.2) is 0 Å². The molecule has 0 bridgehead atoms. The van der Waals surface area contributed by atoms with E-state index in [4.69, 9.17) is 14.5 Å². The number of benzene rings is 2. The second-order valence-electron chi connectivity index (χ2n) is 6.52. The van der Waals surface area contributed by atoms with Crippen LogP contribution < -0.4 is 9.64 Å². The van der Waals surface area contributed by atoms with Gasteiger partial charge in [-0.05, 0) is 37.1 Å². The van der Waals surface area contributed by atoms with Gasteiger partial charge in [0.05, 0.1) is 30.9 Å². The van der Waals surface area contributed by atoms with Gasteiger partial charge in [-0.3, -0.25) is 0 Å². The van der Waals surface area contributed by atoms with E-state index in [0.717, 1.165) is 69.5 Å². The predicted octanol–water partition coefficient (Wildman–Crippen LogP) is 3.73. The van der Waals surface area contributed by atoms with E-state index < -0.39 is 0 Å². The maximum Gasteiger partial charge on any atom is 0.206 e. The molecule has 1 aromatic heterocycles. The van der Waals surface area contributed by atoms with Gasteiger partial charge in [0.1, 0.15) is 5.75 Å². The minimum atomic E-state index is 0.740. The number of morpholine rings is 1. The normalized spacial score (nSPS) is 14.7. The van der Waals surface area contributed by atoms with Crippen molar-refractivity contribution in [1.29, 1.82) is 0 Å². The Hall–Kier alpha value is -2.53. The number of nitrogens with zero attached hydrogens (tertiary/aromatic N) is 3. The van der Waals surface area contributed by atoms with Gasteiger partial charge >= 0.3 is 0 Å². The lowest BCUT2D eigenvalue weighted by atomic mass is 10.3. The zero-order valence-electron chi connectivity index (χ0n) is 15.0. The first-order valence-corrected chi connectivity index (χ1v) is 9.37. The number of hydrogen-bond acceptors (Lipinski definition) is 4. The molecule has 1 aliphatic heterocycles. The lowest BCUT2D eigenvalue weighted by Gasteiger charge is -2.28. The summed E-state index contributed by atoms with van der Waals surface area (Å²) in [5.41, 5.74) is 2.27. The lowest BCUT2D eigenvalue weighted by Crippen LogP contribution is -2.38. The molecular formula is C21H25N3O2. The number of fused-ring (bicyclic) bond motifs is 1. The Kier molecular flexibility index (Phi) is 5.36. The molecule has 26 heavy (non-hydrogen) atoms. The Morgan fingerprint density at radius 1 is 0.923 bits per heavy atom. The largest absolute Gasteiger partial charge is 0.494 e. The number of anilines is 1. The number of aromatic nitrogens is 2. The van der Waals surface area contributed by atoms with Crippen LogP contribution in [0.5, 0.6) is 5.75 Å². The van der Waals surface area contributed by atoms with Gasteiger partial charge in [0.2, 0.25) is 5.95 Å². The number of ether oxygens (including phenoxy) is 2. The van der Waals surface area contributed by atoms with Gasteiger partial charge < -0.3 is 18.9 Å². The van der Waals surface area contributed by atoms with Crippen molar-refractivity contribution in [1.82, 2.24) is 9.55 Å². The SMILES string of the molecule is c1ccc(OCCCCn2c(N3CCOCC3)nc3ccccc32)cc1. The maximum atomic E-state index is 5.81. The molecule has 2 heterocycles. The fraction of sp³-hybridized carbons (Fsp3) is 0.381. The summed E-state index contributed by atoms with van der Waals surface area (Å²) in [6.07, 6.45) is 2.08. The average Bonchev–Trinajstić information content (AvgIpc) is 3.08. The van der Waals surface area contributed by atoms with E-state index in [1.54, 1.807) is 0 Å². The summed E-state index contributed by atoms with van der Waals surface area (Å²) in [6, 6.07) is 18.4. The molecule has 0 spiro atoms. The number of rotatable bonds is 7. The fourth-order valence-corrected chi connectivity index (χ4v) is 3.37. The van der Waals surface area contributed by atoms with Crippen LogP contribution in [0, 0.1) is 0 Å². The zero-order chi connectivity index (χ0) is 17.6. The highest BCUT2D eigenvalue weighted by Crippen LogP contribution is 2.24. The Bertz CT molecular complexity index is 826. The van der Waals surface area contributed by atoms with E-state index in [1.165, 1.54) is 5.52 Å². The highest BCUT2D eigenvalue weighted by molar-refractivity contribution is 5.78. The molecule has 3 aromatic rings. The van der Waals surface area contributed by atoms with Gasteiger partial charge in [0.25, 0.3) is 0 Å². The Balaban J connectivity index is 1.41. The molecule has 0 radical (unpaired) electrons. The van der Waals surface area contributed by atoms with Crippen LogP contribution in [0.4, 0.5) is 5.95 Å². The summed E-state index contributed by atoms with van der Waals surface area (Å²) in [5, 5.41) is 0. The van der Waals surface area contributed by atoms with E-state index in [-0.39, 0.29) is 0 Å². The Morgan fingerprint density at radius 2 is 1.69 bits per heavy atom. The zero-order valence-corrected chi connectivity index (χ0v) is 15.0. The molecule has 0 atom stereocenters. The van der Waals surface area contributed by atoms with Gasteiger partial charge in [-0.25, -0.2) is 4.98 Å². The summed E-state index contributed by atoms with van der Waals surface area (Å²) < 4.78 is 13.7. The molecule has 1 fully saturated rings. The van der Waals surface area contributed by atoms with Gasteiger partial charge in [-0.1, -0.05) is 30.3 Å². The van der Waals surface area contributed by atoms with E-state index in [1.807, 2.05) is 30.3 Å². The molecule has 136 valence electrons. The third kappa shape index (κ3) is 3.83. The molecule has 5 nitrogen and oxygen atoms in total. The Labute approximate surface area is 154 Å². The van der Waals surface area contributed by atoms with Crippen molar-refractivity contribution < 1.29 is 9.47 Å². The van der Waals surface area contributed by atoms with Crippen LogP contribution >= 0.6 is 0 Å². The summed E-state index contributed by atoms with van der Waals surface area (Å²) in [7, 11) is 0. The van der Waals surface area contributed by atoms with Crippen LogP contribution in [0.15, 0.2) is 54.6 Å². The fourth-order valence-electron chi connectivity index (χ4n) is 3.37. The van der Waals surface area contributed by atoms with Crippen LogP contribution in [-0.4, -0.2) is 42.5 Å². The third-order valence-corrected chi connectivity index (χ3v) is 4.72. The van der Waals surface area contributed by atoms with Crippen molar-refractivity contribution in [3.05, 3.63) is 54.6 Å². The quantitative estimate of drug-likeness (QED) is 0.608. The second-order valence-corrected chi connectivity index (χ2v) is 6.52. The van der Waals surface area contributed by atoms with Crippen LogP contribution in [0.25, 0.3) is 11.0 Å². The first-order valence-electron chi connectivity index (χ1n) is 9.37. The van der Waals surface area contributed by atoms with Crippen LogP contribution in [0.3, 0.4) is 0 Å². The first kappa shape index (κ1) is 16.9. The van der Waals surface area contributed by atoms with E-state index >= 15 is 0 Å². The number of aryl methyl sites for hydroxylation is 1. The first-order chi connectivity index (χ1) is 12.9. The molecule has 0 amide bonds. The van der Waals surface area contributed by atoms with Crippen molar-refractivity contribution in [3.63, 3.8) is 0 Å². The molecule has 0 aliphatic carbocycles. The van der Waals surface area contributed by atoms with E-state index in [9.17, 15) is 0 Å². The van der Waals surface area contributed by atoms with Crippen LogP contribution in [0.2, 0.25) is 0 Å². The van der Waals surface area contributed by atoms with E-state index in [0.29, 0.717) is 0 Å². The summed E-state index contributed by atoms with van der Waals surface area (Å²) >= 11 is 0. The molecule has 4 rings (SSSR count). The van der Waals surface area contributed by atoms with Gasteiger partial charge in [-0.15, -0.1) is 0 Å². The van der Waals surface area contributed by atoms with Crippen molar-refractivity contribution in [2.24, 2.45) is 0 Å². The molecular weight excluding hydrogens is 326 g/mol. The number of para-hydroxylation sites is 3. The molecule has 5 heteroatoms. The number of imidazole rings is 1. The average molecular weight is 351 g/mol. The topological polar surface area (TPSA) is 39.5 Å². The standard InChI is InChI=1S/C21H25N3O2/c1-2-8-18(9-3-1)26-15-7-6-12-24-20-11-5-4-10-19(20)22-21(24)23-13-16-25-17-14-23/h1-5,8-11H,6-7,12-17H2. The maximum absolute atomic E-state index is 5.81. The molecule has 1 saturated heterocycles. The minimum absolute atomic E-state index is 0.740. The van der Waals surface area contributed by atoms with Gasteiger partial charge in [0, 0.05) is 19.6 Å². The highest BCUT2D eigenvalue weighted by atomic mass is 16.5. The second kappa shape index (κ2) is 8.23. The van der Waals surface area contributed by atoms with Crippen molar-refractivity contribution >= 4 is 17.0 Å². The Morgan fingerprint density at radius 3 is 2.54 bits per heavy atom. The number of hydrogen-bond donors (Lipinski definition) is 0. The number of unbranched alkanes of at least 4 members (excludes halogenated alkanes) is 1. The summed E-state index contributed by atoms with van der Waals surface area (Å²) in [6.45, 7) is 5.04. The van der Waals surface area contributed by atoms with E-state index in [2.05, 4.69) is 33.7 Å². The smallest absolute Gasteiger partial charge is 0.206 e. The highest BCUT2D eigenvalue weighted by Gasteiger charge is 2.19. The monoisotopic (exact) mass is 351 g/mol. The van der Waals surface area contributed by atoms with Crippen LogP contribution in [-0.2, 0) is 11.3 Å². The van der Waals surface area contributed by atoms with Crippen molar-refractivity contribution in [2.75, 3.05) is 37.8 Å². The van der Waals surface area contributed by atoms with Crippen molar-refractivity contribution in [3.8, 4) is 5.75 Å². The molecule has 1 aliphatic rings. The van der Waals surface area contributed by atoms with Gasteiger partial charge in [-0.2, -0.15) is 0 Å². The summed E-state index contributed by atoms with van der Waals surface area (Å²) in [5.74, 6) is 2.01. The minimum Gasteiger partial charge on any atom is -0.494 e. The summed E-state index contributed by atoms with van der Waals surface area (Å²) in [4.78, 5) is 7.22. The molecule has 2 aromatic carbocycles. The predicted molar refractivity (Wildman–Crippen MR) is 104 cm³/mol. The van der Waals surface area contributed by atoms with Crippen molar-refractivity contribution in [2.45, 2.75) is 19.4 Å². The lowest BCUT2D eigenvalue weighted by molar-refractivity contribution is 0.121. The third-order valence-electron chi connectivity index (χ3n) is 4.72. The molecule has 0 saturated carbocycles. The molecule has 0 unspecified atom stereocenters.